The summed E-state index contributed by atoms with van der Waals surface area (Å²) < 4.78 is 7.71. The van der Waals surface area contributed by atoms with Crippen LogP contribution >= 0.6 is 11.6 Å². The Hall–Kier alpha value is -2.79. The largest absolute Gasteiger partial charge is 0.481 e. The lowest BCUT2D eigenvalue weighted by Gasteiger charge is -2.14. The maximum absolute atomic E-state index is 12.2. The highest BCUT2D eigenvalue weighted by molar-refractivity contribution is 6.30. The van der Waals surface area contributed by atoms with E-state index < -0.39 is 6.10 Å². The van der Waals surface area contributed by atoms with Crippen LogP contribution in [0.2, 0.25) is 5.02 Å². The second kappa shape index (κ2) is 7.62. The molecule has 0 aliphatic rings. The molecule has 1 amide bonds. The number of aryl methyl sites for hydroxylation is 2. The van der Waals surface area contributed by atoms with Gasteiger partial charge in [0.2, 0.25) is 0 Å². The average Bonchev–Trinajstić information content (AvgIpc) is 2.94. The average molecular weight is 370 g/mol. The van der Waals surface area contributed by atoms with Crippen LogP contribution in [0.1, 0.15) is 18.1 Å². The second-order valence-corrected chi connectivity index (χ2v) is 6.55. The Kier molecular flexibility index (Phi) is 5.28. The Morgan fingerprint density at radius 1 is 1.31 bits per heavy atom. The molecule has 0 radical (unpaired) electrons. The number of carbonyl (C=O) groups excluding carboxylic acids is 1. The van der Waals surface area contributed by atoms with Gasteiger partial charge in [-0.3, -0.25) is 4.79 Å². The van der Waals surface area contributed by atoms with Crippen LogP contribution in [-0.4, -0.2) is 22.8 Å². The third-order valence-electron chi connectivity index (χ3n) is 4.12. The fourth-order valence-corrected chi connectivity index (χ4v) is 2.95. The van der Waals surface area contributed by atoms with E-state index in [2.05, 4.69) is 10.5 Å². The first-order chi connectivity index (χ1) is 12.5. The number of hydrogen-bond acceptors (Lipinski definition) is 3. The number of hydrogen-bond donors (Lipinski definition) is 1. The van der Waals surface area contributed by atoms with Gasteiger partial charge in [0, 0.05) is 34.7 Å². The maximum atomic E-state index is 12.2. The van der Waals surface area contributed by atoms with E-state index in [0.717, 1.165) is 22.0 Å². The summed E-state index contributed by atoms with van der Waals surface area (Å²) in [7, 11) is 1.97. The van der Waals surface area contributed by atoms with Crippen LogP contribution < -0.4 is 10.2 Å². The number of halogens is 1. The fraction of sp³-hybridized carbons (Fsp3) is 0.200. The molecule has 6 heteroatoms. The van der Waals surface area contributed by atoms with Gasteiger partial charge in [0.1, 0.15) is 5.75 Å². The number of nitrogens with one attached hydrogen (secondary N) is 1. The number of nitrogens with zero attached hydrogens (tertiary/aromatic N) is 2. The molecule has 26 heavy (non-hydrogen) atoms. The normalized spacial score (nSPS) is 12.5. The van der Waals surface area contributed by atoms with Crippen molar-refractivity contribution in [3.05, 3.63) is 64.8 Å². The summed E-state index contributed by atoms with van der Waals surface area (Å²) in [6.45, 7) is 3.56. The van der Waals surface area contributed by atoms with Crippen LogP contribution in [-0.2, 0) is 11.8 Å². The molecule has 1 heterocycles. The number of rotatable bonds is 5. The van der Waals surface area contributed by atoms with Crippen molar-refractivity contribution >= 4 is 34.6 Å². The van der Waals surface area contributed by atoms with E-state index in [0.29, 0.717) is 10.8 Å². The Balaban J connectivity index is 1.65. The van der Waals surface area contributed by atoms with Crippen LogP contribution in [0, 0.1) is 6.92 Å². The van der Waals surface area contributed by atoms with Gasteiger partial charge in [-0.2, -0.15) is 5.10 Å². The minimum Gasteiger partial charge on any atom is -0.481 e. The van der Waals surface area contributed by atoms with Crippen LogP contribution in [0.3, 0.4) is 0 Å². The van der Waals surface area contributed by atoms with Gasteiger partial charge in [-0.25, -0.2) is 5.43 Å². The molecule has 0 aliphatic heterocycles. The molecule has 0 saturated heterocycles. The van der Waals surface area contributed by atoms with Crippen molar-refractivity contribution in [2.24, 2.45) is 12.1 Å². The molecule has 1 unspecified atom stereocenters. The molecule has 1 aromatic heterocycles. The fourth-order valence-electron chi connectivity index (χ4n) is 2.72. The van der Waals surface area contributed by atoms with Crippen molar-refractivity contribution < 1.29 is 9.53 Å². The molecule has 0 saturated carbocycles. The van der Waals surface area contributed by atoms with Crippen LogP contribution in [0.25, 0.3) is 10.9 Å². The number of ether oxygens (including phenoxy) is 1. The van der Waals surface area contributed by atoms with Crippen LogP contribution in [0.15, 0.2) is 53.8 Å². The Labute approximate surface area is 157 Å². The van der Waals surface area contributed by atoms with E-state index in [4.69, 9.17) is 16.3 Å². The molecule has 1 N–H and O–H groups in total. The highest BCUT2D eigenvalue weighted by Gasteiger charge is 2.15. The SMILES string of the molecule is Cc1cc(Cl)ccc1OC(C)C(=O)NN=Cc1cn(C)c2ccccc12. The quantitative estimate of drug-likeness (QED) is 0.544. The first kappa shape index (κ1) is 18.0. The Morgan fingerprint density at radius 3 is 2.85 bits per heavy atom. The Bertz CT molecular complexity index is 978. The van der Waals surface area contributed by atoms with E-state index >= 15 is 0 Å². The van der Waals surface area contributed by atoms with Gasteiger partial charge in [0.25, 0.3) is 5.91 Å². The number of carbonyl (C=O) groups is 1. The van der Waals surface area contributed by atoms with Crippen LogP contribution in [0.5, 0.6) is 5.75 Å². The van der Waals surface area contributed by atoms with Gasteiger partial charge in [0.05, 0.1) is 6.21 Å². The molecule has 0 spiro atoms. The van der Waals surface area contributed by atoms with Crippen LogP contribution in [0.4, 0.5) is 0 Å². The summed E-state index contributed by atoms with van der Waals surface area (Å²) in [4.78, 5) is 12.2. The Morgan fingerprint density at radius 2 is 2.08 bits per heavy atom. The van der Waals surface area contributed by atoms with E-state index in [-0.39, 0.29) is 5.91 Å². The molecule has 134 valence electrons. The van der Waals surface area contributed by atoms with Gasteiger partial charge >= 0.3 is 0 Å². The predicted molar refractivity (Wildman–Crippen MR) is 105 cm³/mol. The summed E-state index contributed by atoms with van der Waals surface area (Å²) in [5, 5.41) is 5.77. The highest BCUT2D eigenvalue weighted by atomic mass is 35.5. The number of fused-ring (bicyclic) bond motifs is 1. The molecule has 5 nitrogen and oxygen atoms in total. The zero-order chi connectivity index (χ0) is 18.7. The molecular weight excluding hydrogens is 350 g/mol. The zero-order valence-corrected chi connectivity index (χ0v) is 15.6. The molecule has 3 aromatic rings. The lowest BCUT2D eigenvalue weighted by atomic mass is 10.2. The monoisotopic (exact) mass is 369 g/mol. The second-order valence-electron chi connectivity index (χ2n) is 6.12. The van der Waals surface area contributed by atoms with Crippen molar-refractivity contribution in [3.8, 4) is 5.75 Å². The molecule has 0 bridgehead atoms. The number of benzene rings is 2. The van der Waals surface area contributed by atoms with Gasteiger partial charge in [-0.05, 0) is 43.7 Å². The number of para-hydroxylation sites is 1. The minimum absolute atomic E-state index is 0.323. The van der Waals surface area contributed by atoms with Gasteiger partial charge in [-0.15, -0.1) is 0 Å². The summed E-state index contributed by atoms with van der Waals surface area (Å²) in [6.07, 6.45) is 2.93. The zero-order valence-electron chi connectivity index (χ0n) is 14.9. The number of aromatic nitrogens is 1. The van der Waals surface area contributed by atoms with Crippen molar-refractivity contribution in [2.45, 2.75) is 20.0 Å². The number of hydrazone groups is 1. The predicted octanol–water partition coefficient (Wildman–Crippen LogP) is 4.06. The first-order valence-electron chi connectivity index (χ1n) is 8.25. The lowest BCUT2D eigenvalue weighted by molar-refractivity contribution is -0.127. The third kappa shape index (κ3) is 3.89. The molecule has 3 rings (SSSR count). The van der Waals surface area contributed by atoms with E-state index in [1.54, 1.807) is 31.3 Å². The van der Waals surface area contributed by atoms with Crippen molar-refractivity contribution in [2.75, 3.05) is 0 Å². The maximum Gasteiger partial charge on any atom is 0.280 e. The third-order valence-corrected chi connectivity index (χ3v) is 4.35. The molecule has 0 fully saturated rings. The van der Waals surface area contributed by atoms with Gasteiger partial charge < -0.3 is 9.30 Å². The van der Waals surface area contributed by atoms with Crippen molar-refractivity contribution in [3.63, 3.8) is 0 Å². The van der Waals surface area contributed by atoms with Crippen molar-refractivity contribution in [1.29, 1.82) is 0 Å². The summed E-state index contributed by atoms with van der Waals surface area (Å²) >= 11 is 5.93. The number of amides is 1. The summed E-state index contributed by atoms with van der Waals surface area (Å²) in [5.74, 6) is 0.297. The van der Waals surface area contributed by atoms with Gasteiger partial charge in [0.15, 0.2) is 6.10 Å². The lowest BCUT2D eigenvalue weighted by Crippen LogP contribution is -2.33. The topological polar surface area (TPSA) is 55.6 Å². The minimum atomic E-state index is -0.681. The standard InChI is InChI=1S/C20H20ClN3O2/c1-13-10-16(21)8-9-19(13)26-14(2)20(25)23-22-11-15-12-24(3)18-7-5-4-6-17(15)18/h4-12,14H,1-3H3,(H,23,25). The smallest absolute Gasteiger partial charge is 0.280 e. The van der Waals surface area contributed by atoms with Crippen molar-refractivity contribution in [1.82, 2.24) is 9.99 Å². The molecule has 0 aliphatic carbocycles. The summed E-state index contributed by atoms with van der Waals surface area (Å²) in [5.41, 5.74) is 5.44. The molecule has 2 aromatic carbocycles. The van der Waals surface area contributed by atoms with E-state index in [1.165, 1.54) is 0 Å². The first-order valence-corrected chi connectivity index (χ1v) is 8.63. The highest BCUT2D eigenvalue weighted by Crippen LogP contribution is 2.23. The van der Waals surface area contributed by atoms with E-state index in [9.17, 15) is 4.79 Å². The molecular formula is C20H20ClN3O2. The molecule has 1 atom stereocenters. The van der Waals surface area contributed by atoms with E-state index in [1.807, 2.05) is 49.0 Å². The van der Waals surface area contributed by atoms with Gasteiger partial charge in [-0.1, -0.05) is 29.8 Å². The summed E-state index contributed by atoms with van der Waals surface area (Å²) in [6, 6.07) is 13.3.